The summed E-state index contributed by atoms with van der Waals surface area (Å²) >= 11 is 1.50. The Hall–Kier alpha value is -3.06. The van der Waals surface area contributed by atoms with Crippen LogP contribution in [0.5, 0.6) is 17.2 Å². The lowest BCUT2D eigenvalue weighted by atomic mass is 10.2. The first kappa shape index (κ1) is 18.7. The second-order valence-electron chi connectivity index (χ2n) is 5.46. The Morgan fingerprint density at radius 3 is 2.44 bits per heavy atom. The topological polar surface area (TPSA) is 65.0 Å². The minimum absolute atomic E-state index is 0.523. The predicted molar refractivity (Wildman–Crippen MR) is 109 cm³/mol. The molecule has 0 saturated heterocycles. The summed E-state index contributed by atoms with van der Waals surface area (Å²) in [5.41, 5.74) is 5.78. The Bertz CT molecular complexity index is 885. The zero-order chi connectivity index (χ0) is 19.1. The van der Waals surface area contributed by atoms with Crippen molar-refractivity contribution in [2.45, 2.75) is 6.92 Å². The van der Waals surface area contributed by atoms with Crippen LogP contribution >= 0.6 is 11.3 Å². The van der Waals surface area contributed by atoms with E-state index >= 15 is 0 Å². The number of aromatic nitrogens is 1. The van der Waals surface area contributed by atoms with E-state index in [4.69, 9.17) is 14.2 Å². The molecule has 0 aliphatic carbocycles. The summed E-state index contributed by atoms with van der Waals surface area (Å²) in [4.78, 5) is 4.54. The summed E-state index contributed by atoms with van der Waals surface area (Å²) in [6, 6.07) is 13.7. The van der Waals surface area contributed by atoms with Crippen molar-refractivity contribution in [2.75, 3.05) is 26.3 Å². The number of benzene rings is 2. The van der Waals surface area contributed by atoms with Gasteiger partial charge in [0.05, 0.1) is 32.7 Å². The quantitative estimate of drug-likeness (QED) is 0.452. The van der Waals surface area contributed by atoms with Gasteiger partial charge in [-0.1, -0.05) is 30.3 Å². The molecule has 2 aromatic carbocycles. The van der Waals surface area contributed by atoms with Crippen molar-refractivity contribution in [1.82, 2.24) is 4.98 Å². The molecule has 0 atom stereocenters. The van der Waals surface area contributed by atoms with Crippen LogP contribution in [0, 0.1) is 0 Å². The Kier molecular flexibility index (Phi) is 6.27. The first-order valence-electron chi connectivity index (χ1n) is 8.44. The fourth-order valence-electron chi connectivity index (χ4n) is 2.49. The number of hydrogen-bond acceptors (Lipinski definition) is 7. The summed E-state index contributed by atoms with van der Waals surface area (Å²) in [6.07, 6.45) is 1.68. The molecule has 6 nitrogen and oxygen atoms in total. The molecule has 1 heterocycles. The molecule has 0 spiro atoms. The van der Waals surface area contributed by atoms with Crippen molar-refractivity contribution >= 4 is 22.7 Å². The van der Waals surface area contributed by atoms with Gasteiger partial charge in [0.25, 0.3) is 0 Å². The molecule has 0 radical (unpaired) electrons. The predicted octanol–water partition coefficient (Wildman–Crippen LogP) is 4.67. The summed E-state index contributed by atoms with van der Waals surface area (Å²) in [7, 11) is 3.19. The van der Waals surface area contributed by atoms with E-state index in [9.17, 15) is 0 Å². The second kappa shape index (κ2) is 9.05. The molecule has 7 heteroatoms. The number of anilines is 1. The average Bonchev–Trinajstić information content (AvgIpc) is 3.18. The second-order valence-corrected chi connectivity index (χ2v) is 6.32. The fourth-order valence-corrected chi connectivity index (χ4v) is 3.16. The van der Waals surface area contributed by atoms with E-state index in [0.29, 0.717) is 23.9 Å². The number of thiazole rings is 1. The number of hydrazone groups is 1. The van der Waals surface area contributed by atoms with Gasteiger partial charge < -0.3 is 14.2 Å². The molecule has 0 unspecified atom stereocenters. The largest absolute Gasteiger partial charge is 0.493 e. The molecule has 3 rings (SSSR count). The summed E-state index contributed by atoms with van der Waals surface area (Å²) < 4.78 is 16.4. The van der Waals surface area contributed by atoms with Crippen LogP contribution in [0.1, 0.15) is 12.5 Å². The van der Waals surface area contributed by atoms with Crippen LogP contribution in [0.2, 0.25) is 0 Å². The highest BCUT2D eigenvalue weighted by Gasteiger charge is 2.13. The molecule has 0 bridgehead atoms. The maximum atomic E-state index is 5.61. The van der Waals surface area contributed by atoms with E-state index in [-0.39, 0.29) is 0 Å². The van der Waals surface area contributed by atoms with Gasteiger partial charge in [-0.25, -0.2) is 4.98 Å². The zero-order valence-corrected chi connectivity index (χ0v) is 16.2. The van der Waals surface area contributed by atoms with Crippen LogP contribution in [0.3, 0.4) is 0 Å². The first-order chi connectivity index (χ1) is 13.2. The molecule has 1 aromatic heterocycles. The van der Waals surface area contributed by atoms with Crippen molar-refractivity contribution in [3.05, 3.63) is 53.4 Å². The number of hydrogen-bond donors (Lipinski definition) is 1. The Morgan fingerprint density at radius 2 is 1.81 bits per heavy atom. The van der Waals surface area contributed by atoms with Gasteiger partial charge in [-0.3, -0.25) is 5.43 Å². The molecular formula is C20H21N3O3S. The van der Waals surface area contributed by atoms with E-state index in [1.807, 2.05) is 54.8 Å². The number of ether oxygens (including phenoxy) is 3. The number of nitrogens with one attached hydrogen (secondary N) is 1. The summed E-state index contributed by atoms with van der Waals surface area (Å²) in [5.74, 6) is 1.77. The van der Waals surface area contributed by atoms with Crippen LogP contribution in [0.4, 0.5) is 5.13 Å². The summed E-state index contributed by atoms with van der Waals surface area (Å²) in [5, 5.41) is 6.98. The van der Waals surface area contributed by atoms with Gasteiger partial charge in [0.15, 0.2) is 11.5 Å². The molecular weight excluding hydrogens is 362 g/mol. The third-order valence-electron chi connectivity index (χ3n) is 3.72. The number of nitrogens with zero attached hydrogens (tertiary/aromatic N) is 2. The SMILES string of the molecule is CCOc1c(OC)cc(C=NNc2nc(-c3ccccc3)cs2)cc1OC. The third-order valence-corrected chi connectivity index (χ3v) is 4.47. The lowest BCUT2D eigenvalue weighted by molar-refractivity contribution is 0.288. The standard InChI is InChI=1S/C20H21N3O3S/c1-4-26-19-17(24-2)10-14(11-18(19)25-3)12-21-23-20-22-16(13-27-20)15-8-6-5-7-9-15/h5-13H,4H2,1-3H3,(H,22,23). The van der Waals surface area contributed by atoms with Crippen LogP contribution in [0.15, 0.2) is 52.9 Å². The van der Waals surface area contributed by atoms with Gasteiger partial charge in [0.1, 0.15) is 0 Å². The molecule has 0 saturated carbocycles. The number of methoxy groups -OCH3 is 2. The molecule has 27 heavy (non-hydrogen) atoms. The Morgan fingerprint density at radius 1 is 1.11 bits per heavy atom. The lowest BCUT2D eigenvalue weighted by Crippen LogP contribution is -2.00. The maximum Gasteiger partial charge on any atom is 0.203 e. The van der Waals surface area contributed by atoms with Crippen molar-refractivity contribution in [3.63, 3.8) is 0 Å². The highest BCUT2D eigenvalue weighted by molar-refractivity contribution is 7.14. The van der Waals surface area contributed by atoms with E-state index in [1.165, 1.54) is 11.3 Å². The molecule has 0 amide bonds. The first-order valence-corrected chi connectivity index (χ1v) is 9.32. The highest BCUT2D eigenvalue weighted by Crippen LogP contribution is 2.38. The zero-order valence-electron chi connectivity index (χ0n) is 15.4. The monoisotopic (exact) mass is 383 g/mol. The molecule has 0 aliphatic heterocycles. The summed E-state index contributed by atoms with van der Waals surface area (Å²) in [6.45, 7) is 2.44. The van der Waals surface area contributed by atoms with Gasteiger partial charge in [-0.2, -0.15) is 5.10 Å². The Labute approximate surface area is 162 Å². The van der Waals surface area contributed by atoms with Crippen molar-refractivity contribution in [3.8, 4) is 28.5 Å². The van der Waals surface area contributed by atoms with Gasteiger partial charge in [0.2, 0.25) is 10.9 Å². The number of rotatable bonds is 8. The smallest absolute Gasteiger partial charge is 0.203 e. The molecule has 140 valence electrons. The molecule has 0 fully saturated rings. The van der Waals surface area contributed by atoms with Gasteiger partial charge in [-0.15, -0.1) is 11.3 Å². The third kappa shape index (κ3) is 4.57. The maximum absolute atomic E-state index is 5.61. The Balaban J connectivity index is 1.74. The van der Waals surface area contributed by atoms with Crippen LogP contribution in [-0.4, -0.2) is 32.0 Å². The van der Waals surface area contributed by atoms with E-state index in [2.05, 4.69) is 15.5 Å². The minimum atomic E-state index is 0.523. The minimum Gasteiger partial charge on any atom is -0.493 e. The van der Waals surface area contributed by atoms with E-state index < -0.39 is 0 Å². The molecule has 1 N–H and O–H groups in total. The van der Waals surface area contributed by atoms with Crippen molar-refractivity contribution in [1.29, 1.82) is 0 Å². The van der Waals surface area contributed by atoms with Crippen molar-refractivity contribution in [2.24, 2.45) is 5.10 Å². The lowest BCUT2D eigenvalue weighted by Gasteiger charge is -2.14. The average molecular weight is 383 g/mol. The van der Waals surface area contributed by atoms with E-state index in [1.54, 1.807) is 20.4 Å². The molecule has 3 aromatic rings. The van der Waals surface area contributed by atoms with Gasteiger partial charge in [-0.05, 0) is 19.1 Å². The normalized spacial score (nSPS) is 10.8. The van der Waals surface area contributed by atoms with Gasteiger partial charge in [0, 0.05) is 16.5 Å². The van der Waals surface area contributed by atoms with Crippen LogP contribution < -0.4 is 19.6 Å². The fraction of sp³-hybridized carbons (Fsp3) is 0.200. The van der Waals surface area contributed by atoms with Crippen LogP contribution in [0.25, 0.3) is 11.3 Å². The van der Waals surface area contributed by atoms with Crippen LogP contribution in [-0.2, 0) is 0 Å². The van der Waals surface area contributed by atoms with Crippen molar-refractivity contribution < 1.29 is 14.2 Å². The van der Waals surface area contributed by atoms with Gasteiger partial charge >= 0.3 is 0 Å². The molecule has 0 aliphatic rings. The van der Waals surface area contributed by atoms with E-state index in [0.717, 1.165) is 22.0 Å². The highest BCUT2D eigenvalue weighted by atomic mass is 32.1.